The lowest BCUT2D eigenvalue weighted by molar-refractivity contribution is 0.0624. The van der Waals surface area contributed by atoms with E-state index in [0.717, 1.165) is 39.2 Å². The number of fused-ring (bicyclic) bond motifs is 1. The van der Waals surface area contributed by atoms with Gasteiger partial charge in [0.25, 0.3) is 0 Å². The molecule has 0 saturated heterocycles. The van der Waals surface area contributed by atoms with E-state index < -0.39 is 64.2 Å². The number of benzene rings is 5. The number of carbonyl (C=O) groups excluding carboxylic acids is 4. The number of thiazole rings is 1. The summed E-state index contributed by atoms with van der Waals surface area (Å²) in [5, 5.41) is 46.1. The molecule has 0 spiro atoms. The molecular formula is C76H86BrF4N23O8S. The maximum absolute atomic E-state index is 13.9. The van der Waals surface area contributed by atoms with Crippen LogP contribution in [0.25, 0.3) is 67.2 Å². The number of aromatic amines is 5. The number of nitrogens with two attached hydrogens (primary N) is 6. The molecule has 12 aromatic rings. The Morgan fingerprint density at radius 3 is 1.35 bits per heavy atom. The van der Waals surface area contributed by atoms with E-state index in [1.54, 1.807) is 90.2 Å². The molecule has 21 N–H and O–H groups in total. The Morgan fingerprint density at radius 1 is 0.469 bits per heavy atom. The van der Waals surface area contributed by atoms with Crippen LogP contribution >= 0.6 is 27.3 Å². The van der Waals surface area contributed by atoms with Gasteiger partial charge in [-0.2, -0.15) is 25.5 Å². The number of nitrogens with zero attached hydrogens (tertiary/aromatic N) is 8. The third-order valence-electron chi connectivity index (χ3n) is 14.3. The van der Waals surface area contributed by atoms with Crippen molar-refractivity contribution in [1.82, 2.24) is 61.0 Å². The number of ether oxygens (including phenoxy) is 4. The minimum atomic E-state index is -0.675. The van der Waals surface area contributed by atoms with Crippen molar-refractivity contribution in [3.63, 3.8) is 0 Å². The lowest BCUT2D eigenvalue weighted by Gasteiger charge is -2.20. The molecule has 13 rings (SSSR count). The summed E-state index contributed by atoms with van der Waals surface area (Å²) in [5.74, 6) is -0.479. The van der Waals surface area contributed by atoms with Crippen molar-refractivity contribution in [2.24, 2.45) is 10.7 Å². The van der Waals surface area contributed by atoms with E-state index in [4.69, 9.17) is 53.3 Å². The number of anilines is 9. The number of H-pyrrole nitrogens is 5. The molecule has 0 fully saturated rings. The number of aromatic nitrogens is 12. The Balaban J connectivity index is 0.000000170. The molecule has 0 unspecified atom stereocenters. The van der Waals surface area contributed by atoms with Crippen molar-refractivity contribution in [2.45, 2.75) is 112 Å². The van der Waals surface area contributed by atoms with Crippen molar-refractivity contribution >= 4 is 120 Å². The predicted molar refractivity (Wildman–Crippen MR) is 435 cm³/mol. The highest BCUT2D eigenvalue weighted by molar-refractivity contribution is 9.10. The van der Waals surface area contributed by atoms with E-state index in [9.17, 15) is 36.7 Å². The standard InChI is InChI=1S/C15H20N4O2.C14H17FN4O2.C14H18N4O2.C12H9FN4.C12H16N4O2S.C9H6BrF2N3/c1-9-7-10(17-14(20)21-15(2,3)4)5-6-11(9)12-8-13(16)19-18-12;1-14(2,3)21-13(20)17-8-4-5-10(15)9(6-8)11-7-12(16)19-18-11;1-14(2,3)20-13(19)16-10-6-4-9(5-7-10)11-8-12(15)18-17-11;13-9-5-10-7(2-1-3-15-10)4-8(9)11-6-12(14)17-16-11;1-12(2,3)18-11(17)16-10-15-9(6-19-10)8-4-7(13)5-14-8;10-4-1-5(11)9(6(12)2-4)7-3-8(13)15-14-7/h5-8H,1-4H3,(H,17,20)(H3,16,18,19);4-7H,1-3H3,(H,17,20)(H3,16,18,19);4-8H,1-3H3,(H,16,19)(H3,15,17,18);1-6H,(H3,14,16,17);4,6H,5,13H2,1-3H3,(H,15,16,17);1-3H,(H3,13,14,15). The van der Waals surface area contributed by atoms with Crippen molar-refractivity contribution < 1.29 is 55.7 Å². The number of allylic oxidation sites excluding steroid dienone is 1. The fourth-order valence-corrected chi connectivity index (χ4v) is 10.9. The number of aliphatic imine (C=N–C) groups is 1. The number of nitrogens with one attached hydrogen (secondary N) is 9. The molecule has 4 amide bonds. The topological polar surface area (TPSA) is 491 Å². The maximum atomic E-state index is 13.9. The van der Waals surface area contributed by atoms with Gasteiger partial charge in [0, 0.05) is 97.3 Å². The Bertz CT molecular complexity index is 5350. The maximum Gasteiger partial charge on any atom is 0.413 e. The molecule has 0 bridgehead atoms. The van der Waals surface area contributed by atoms with Crippen LogP contribution in [-0.4, -0.2) is 120 Å². The molecule has 31 nitrogen and oxygen atoms in total. The molecular weight excluding hydrogens is 1550 g/mol. The molecule has 594 valence electrons. The average molecular weight is 1640 g/mol. The van der Waals surface area contributed by atoms with Gasteiger partial charge in [-0.3, -0.25) is 56.7 Å². The molecule has 0 saturated carbocycles. The number of halogens is 5. The summed E-state index contributed by atoms with van der Waals surface area (Å²) in [5.41, 5.74) is 41.8. The number of amides is 4. The first-order valence-electron chi connectivity index (χ1n) is 34.2. The Morgan fingerprint density at radius 2 is 0.894 bits per heavy atom. The summed E-state index contributed by atoms with van der Waals surface area (Å²) < 4.78 is 75.6. The normalized spacial score (nSPS) is 11.7. The van der Waals surface area contributed by atoms with Gasteiger partial charge in [-0.05, 0) is 174 Å². The quantitative estimate of drug-likeness (QED) is 0.0447. The fourth-order valence-electron chi connectivity index (χ4n) is 9.77. The highest BCUT2D eigenvalue weighted by atomic mass is 79.9. The average Bonchev–Trinajstić information content (AvgIpc) is 1.69. The molecule has 5 aromatic carbocycles. The van der Waals surface area contributed by atoms with Gasteiger partial charge in [0.15, 0.2) is 5.13 Å². The Hall–Kier alpha value is -13.3. The van der Waals surface area contributed by atoms with Crippen LogP contribution in [0.1, 0.15) is 94.3 Å². The summed E-state index contributed by atoms with van der Waals surface area (Å²) in [6.07, 6.45) is 1.35. The second-order valence-corrected chi connectivity index (χ2v) is 30.3. The largest absolute Gasteiger partial charge is 0.444 e. The van der Waals surface area contributed by atoms with Gasteiger partial charge in [0.05, 0.1) is 51.8 Å². The SMILES string of the molecule is CC(C)(C)OC(=O)Nc1ccc(-c2cc(N)n[nH]2)cc1.CC(C)(C)OC(=O)Nc1ccc(F)c(-c2cc(N)n[nH]2)c1.CC(C)(C)OC(=O)Nc1nc(C2=NCC(N)=C2)cs1.Cc1cc(NC(=O)OC(C)(C)C)ccc1-c1cc(N)n[nH]1.Nc1cc(-c2c(F)cc(Br)cc2F)[nH]n1.Nc1cc(-c2cc3cccnc3cc2F)[nH]n1. The van der Waals surface area contributed by atoms with Crippen molar-refractivity contribution in [3.8, 4) is 56.3 Å². The second kappa shape index (κ2) is 36.9. The zero-order chi connectivity index (χ0) is 82.9. The van der Waals surface area contributed by atoms with E-state index in [1.165, 1.54) is 59.9 Å². The molecule has 0 atom stereocenters. The summed E-state index contributed by atoms with van der Waals surface area (Å²) in [4.78, 5) is 59.2. The third kappa shape index (κ3) is 27.0. The summed E-state index contributed by atoms with van der Waals surface area (Å²) in [6.45, 7) is 24.1. The van der Waals surface area contributed by atoms with E-state index in [1.807, 2.05) is 96.3 Å². The Labute approximate surface area is 658 Å². The zero-order valence-electron chi connectivity index (χ0n) is 63.7. The predicted octanol–water partition coefficient (Wildman–Crippen LogP) is 16.6. The monoisotopic (exact) mass is 1640 g/mol. The van der Waals surface area contributed by atoms with Crippen molar-refractivity contribution in [3.05, 3.63) is 190 Å². The number of nitrogen functional groups attached to an aromatic ring is 5. The number of pyridine rings is 1. The second-order valence-electron chi connectivity index (χ2n) is 28.6. The number of hydrogen-bond acceptors (Lipinski definition) is 23. The number of rotatable bonds is 10. The van der Waals surface area contributed by atoms with E-state index in [-0.39, 0.29) is 34.3 Å². The number of carbonyl (C=O) groups is 4. The first-order valence-corrected chi connectivity index (χ1v) is 35.9. The van der Waals surface area contributed by atoms with Crippen LogP contribution in [0.5, 0.6) is 0 Å². The summed E-state index contributed by atoms with van der Waals surface area (Å²) >= 11 is 4.31. The Kier molecular flexibility index (Phi) is 27.9. The van der Waals surface area contributed by atoms with Gasteiger partial charge >= 0.3 is 24.4 Å². The number of aryl methyl sites for hydroxylation is 1. The van der Waals surface area contributed by atoms with Crippen LogP contribution < -0.4 is 55.7 Å². The van der Waals surface area contributed by atoms with Crippen molar-refractivity contribution in [2.75, 3.05) is 56.5 Å². The lowest BCUT2D eigenvalue weighted by Crippen LogP contribution is -2.27. The van der Waals surface area contributed by atoms with Crippen LogP contribution in [0.15, 0.2) is 160 Å². The lowest BCUT2D eigenvalue weighted by atomic mass is 10.1. The third-order valence-corrected chi connectivity index (χ3v) is 15.5. The molecule has 0 radical (unpaired) electrons. The summed E-state index contributed by atoms with van der Waals surface area (Å²) in [7, 11) is 0. The first-order chi connectivity index (χ1) is 53.0. The highest BCUT2D eigenvalue weighted by Gasteiger charge is 2.23. The van der Waals surface area contributed by atoms with Gasteiger partial charge in [0.2, 0.25) is 0 Å². The molecule has 1 aliphatic rings. The first kappa shape index (κ1) is 85.3. The van der Waals surface area contributed by atoms with Crippen molar-refractivity contribution in [1.29, 1.82) is 0 Å². The smallest absolute Gasteiger partial charge is 0.413 e. The van der Waals surface area contributed by atoms with Crippen LogP contribution in [-0.2, 0) is 18.9 Å². The van der Waals surface area contributed by atoms with Gasteiger partial charge in [-0.15, -0.1) is 11.3 Å². The van der Waals surface area contributed by atoms with E-state index >= 15 is 0 Å². The van der Waals surface area contributed by atoms with E-state index in [2.05, 4.69) is 103 Å². The van der Waals surface area contributed by atoms with Crippen LogP contribution in [0, 0.1) is 30.2 Å². The molecule has 113 heavy (non-hydrogen) atoms. The number of hydrogen-bond donors (Lipinski definition) is 15. The molecule has 37 heteroatoms. The van der Waals surface area contributed by atoms with Crippen LogP contribution in [0.2, 0.25) is 0 Å². The molecule has 1 aliphatic heterocycles. The van der Waals surface area contributed by atoms with Crippen LogP contribution in [0.3, 0.4) is 0 Å². The summed E-state index contributed by atoms with van der Waals surface area (Å²) in [6, 6.07) is 34.2. The minimum Gasteiger partial charge on any atom is -0.444 e. The molecule has 7 aromatic heterocycles. The molecule has 8 heterocycles. The van der Waals surface area contributed by atoms with Gasteiger partial charge < -0.3 is 53.3 Å². The fraction of sp³-hybridized carbons (Fsp3) is 0.237. The zero-order valence-corrected chi connectivity index (χ0v) is 66.1. The van der Waals surface area contributed by atoms with Crippen LogP contribution in [0.4, 0.5) is 88.0 Å². The van der Waals surface area contributed by atoms with E-state index in [0.29, 0.717) is 84.5 Å². The van der Waals surface area contributed by atoms with Gasteiger partial charge in [-0.25, -0.2) is 41.7 Å². The highest BCUT2D eigenvalue weighted by Crippen LogP contribution is 2.32. The van der Waals surface area contributed by atoms with Gasteiger partial charge in [0.1, 0.15) is 80.5 Å². The molecule has 0 aliphatic carbocycles. The van der Waals surface area contributed by atoms with Gasteiger partial charge in [-0.1, -0.05) is 40.2 Å². The minimum absolute atomic E-state index is 0.164.